The number of carbonyl (C=O) groups excluding carboxylic acids is 1. The largest absolute Gasteiger partial charge is 0.299 e. The van der Waals surface area contributed by atoms with Crippen molar-refractivity contribution < 1.29 is 4.79 Å². The summed E-state index contributed by atoms with van der Waals surface area (Å²) in [7, 11) is 0. The van der Waals surface area contributed by atoms with E-state index in [1.807, 2.05) is 0 Å². The maximum absolute atomic E-state index is 13.4. The quantitative estimate of drug-likeness (QED) is 0.213. The minimum Gasteiger partial charge on any atom is -0.299 e. The van der Waals surface area contributed by atoms with Gasteiger partial charge in [-0.05, 0) is 124 Å². The number of aliphatic imine (C=N–C) groups is 2. The second kappa shape index (κ2) is 16.1. The molecule has 0 amide bonds. The van der Waals surface area contributed by atoms with Crippen LogP contribution in [0.15, 0.2) is 56.7 Å². The summed E-state index contributed by atoms with van der Waals surface area (Å²) in [6, 6.07) is 8.91. The summed E-state index contributed by atoms with van der Waals surface area (Å²) < 4.78 is 0. The average molecular weight is 583 g/mol. The molecule has 2 fully saturated rings. The first-order chi connectivity index (χ1) is 21.0. The molecule has 5 rings (SSSR count). The Kier molecular flexibility index (Phi) is 12.1. The van der Waals surface area contributed by atoms with Gasteiger partial charge in [0.2, 0.25) is 0 Å². The average Bonchev–Trinajstić information content (AvgIpc) is 3.86. The molecule has 2 aliphatic heterocycles. The fraction of sp³-hybridized carbons (Fsp3) is 0.675. The SMILES string of the molecule is CC1=C2CCCN=CC2=C(CC2CCCC(CCCC(=O)C(CCCc3ccccc3C(C)C)C3CC3)CC2)N=CCC1. The van der Waals surface area contributed by atoms with E-state index < -0.39 is 0 Å². The number of carbonyl (C=O) groups is 1. The van der Waals surface area contributed by atoms with Gasteiger partial charge in [0.15, 0.2) is 0 Å². The van der Waals surface area contributed by atoms with Gasteiger partial charge in [0, 0.05) is 42.6 Å². The highest BCUT2D eigenvalue weighted by Crippen LogP contribution is 2.41. The van der Waals surface area contributed by atoms with Gasteiger partial charge in [-0.25, -0.2) is 0 Å². The van der Waals surface area contributed by atoms with Gasteiger partial charge in [-0.1, -0.05) is 75.8 Å². The van der Waals surface area contributed by atoms with Crippen LogP contribution in [0.1, 0.15) is 147 Å². The molecule has 1 aromatic rings. The van der Waals surface area contributed by atoms with E-state index in [2.05, 4.69) is 57.5 Å². The lowest BCUT2D eigenvalue weighted by Crippen LogP contribution is -2.17. The Bertz CT molecular complexity index is 1200. The van der Waals surface area contributed by atoms with Gasteiger partial charge in [-0.3, -0.25) is 14.8 Å². The summed E-state index contributed by atoms with van der Waals surface area (Å²) in [5, 5.41) is 0. The molecule has 0 spiro atoms. The zero-order valence-electron chi connectivity index (χ0n) is 27.6. The van der Waals surface area contributed by atoms with Crippen molar-refractivity contribution in [3.05, 3.63) is 57.8 Å². The predicted octanol–water partition coefficient (Wildman–Crippen LogP) is 10.8. The Balaban J connectivity index is 1.08. The summed E-state index contributed by atoms with van der Waals surface area (Å²) in [6.45, 7) is 7.84. The highest BCUT2D eigenvalue weighted by molar-refractivity contribution is 5.87. The number of Topliss-reactive ketones (excluding diaryl/α,β-unsaturated/α-hetero) is 1. The molecule has 3 unspecified atom stereocenters. The number of ketones is 1. The van der Waals surface area contributed by atoms with Crippen LogP contribution in [0, 0.1) is 23.7 Å². The third-order valence-electron chi connectivity index (χ3n) is 10.9. The first kappa shape index (κ1) is 32.1. The molecule has 0 saturated heterocycles. The first-order valence-electron chi connectivity index (χ1n) is 18.0. The second-order valence-corrected chi connectivity index (χ2v) is 14.6. The summed E-state index contributed by atoms with van der Waals surface area (Å²) in [4.78, 5) is 23.2. The molecular formula is C40H58N2O. The lowest BCUT2D eigenvalue weighted by atomic mass is 9.86. The highest BCUT2D eigenvalue weighted by Gasteiger charge is 2.35. The van der Waals surface area contributed by atoms with Gasteiger partial charge >= 0.3 is 0 Å². The minimum absolute atomic E-state index is 0.318. The number of aryl methyl sites for hydroxylation is 1. The van der Waals surface area contributed by atoms with E-state index in [1.165, 1.54) is 79.3 Å². The lowest BCUT2D eigenvalue weighted by molar-refractivity contribution is -0.123. The molecular weight excluding hydrogens is 524 g/mol. The van der Waals surface area contributed by atoms with E-state index in [9.17, 15) is 4.79 Å². The van der Waals surface area contributed by atoms with Crippen molar-refractivity contribution in [2.45, 2.75) is 142 Å². The lowest BCUT2D eigenvalue weighted by Gasteiger charge is -2.20. The van der Waals surface area contributed by atoms with E-state index in [0.29, 0.717) is 23.5 Å². The van der Waals surface area contributed by atoms with Crippen LogP contribution in [-0.2, 0) is 11.2 Å². The maximum atomic E-state index is 13.4. The van der Waals surface area contributed by atoms with E-state index in [0.717, 1.165) is 82.6 Å². The second-order valence-electron chi connectivity index (χ2n) is 14.6. The smallest absolute Gasteiger partial charge is 0.136 e. The molecule has 4 aliphatic rings. The summed E-state index contributed by atoms with van der Waals surface area (Å²) >= 11 is 0. The number of fused-ring (bicyclic) bond motifs is 1. The molecule has 2 aliphatic carbocycles. The normalized spacial score (nSPS) is 23.9. The van der Waals surface area contributed by atoms with Crippen LogP contribution in [0.2, 0.25) is 0 Å². The van der Waals surface area contributed by atoms with Gasteiger partial charge < -0.3 is 0 Å². The number of hydrogen-bond donors (Lipinski definition) is 0. The maximum Gasteiger partial charge on any atom is 0.136 e. The van der Waals surface area contributed by atoms with Gasteiger partial charge in [0.25, 0.3) is 0 Å². The molecule has 1 aromatic carbocycles. The van der Waals surface area contributed by atoms with Crippen LogP contribution in [0.25, 0.3) is 0 Å². The molecule has 0 aromatic heterocycles. The molecule has 0 bridgehead atoms. The van der Waals surface area contributed by atoms with E-state index >= 15 is 0 Å². The molecule has 3 atom stereocenters. The van der Waals surface area contributed by atoms with E-state index in [4.69, 9.17) is 9.98 Å². The molecule has 3 nitrogen and oxygen atoms in total. The molecule has 2 saturated carbocycles. The molecule has 2 heterocycles. The molecule has 43 heavy (non-hydrogen) atoms. The molecule has 0 N–H and O–H groups in total. The van der Waals surface area contributed by atoms with Crippen LogP contribution >= 0.6 is 0 Å². The standard InChI is InChI=1S/C40H58N2O/c1-29(2)35-17-5-4-15-33(35)16-8-18-37(34-23-24-34)40(43)20-7-13-31-12-6-14-32(22-21-31)27-39-38-28-41-25-10-19-36(38)30(3)11-9-26-42-39/h4-5,15,17,26,28-29,31-32,34,37H,6-14,16,18-25,27H2,1-3H3. The van der Waals surface area contributed by atoms with Crippen LogP contribution in [0.3, 0.4) is 0 Å². The summed E-state index contributed by atoms with van der Waals surface area (Å²) in [5.41, 5.74) is 8.69. The molecule has 3 heteroatoms. The monoisotopic (exact) mass is 582 g/mol. The van der Waals surface area contributed by atoms with Crippen molar-refractivity contribution >= 4 is 18.2 Å². The van der Waals surface area contributed by atoms with Gasteiger partial charge in [-0.15, -0.1) is 0 Å². The Morgan fingerprint density at radius 2 is 1.77 bits per heavy atom. The first-order valence-corrected chi connectivity index (χ1v) is 18.0. The van der Waals surface area contributed by atoms with Gasteiger partial charge in [0.05, 0.1) is 0 Å². The van der Waals surface area contributed by atoms with E-state index in [-0.39, 0.29) is 0 Å². The van der Waals surface area contributed by atoms with Crippen molar-refractivity contribution in [1.82, 2.24) is 0 Å². The Hall–Kier alpha value is -2.29. The third kappa shape index (κ3) is 9.35. The van der Waals surface area contributed by atoms with Gasteiger partial charge in [0.1, 0.15) is 5.78 Å². The van der Waals surface area contributed by atoms with Crippen molar-refractivity contribution in [2.75, 3.05) is 6.54 Å². The third-order valence-corrected chi connectivity index (χ3v) is 10.9. The Morgan fingerprint density at radius 1 is 0.953 bits per heavy atom. The van der Waals surface area contributed by atoms with Crippen molar-refractivity contribution in [2.24, 2.45) is 33.7 Å². The van der Waals surface area contributed by atoms with Crippen molar-refractivity contribution in [3.8, 4) is 0 Å². The minimum atomic E-state index is 0.318. The van der Waals surface area contributed by atoms with Gasteiger partial charge in [-0.2, -0.15) is 0 Å². The van der Waals surface area contributed by atoms with Crippen LogP contribution in [0.5, 0.6) is 0 Å². The fourth-order valence-corrected chi connectivity index (χ4v) is 8.21. The van der Waals surface area contributed by atoms with Crippen molar-refractivity contribution in [3.63, 3.8) is 0 Å². The zero-order valence-corrected chi connectivity index (χ0v) is 27.6. The number of allylic oxidation sites excluding steroid dienone is 4. The summed E-state index contributed by atoms with van der Waals surface area (Å²) in [6.07, 6.45) is 25.6. The molecule has 234 valence electrons. The van der Waals surface area contributed by atoms with Crippen LogP contribution < -0.4 is 0 Å². The number of hydrogen-bond acceptors (Lipinski definition) is 3. The Labute approximate surface area is 262 Å². The number of nitrogens with zero attached hydrogens (tertiary/aromatic N) is 2. The number of rotatable bonds is 13. The van der Waals surface area contributed by atoms with E-state index in [1.54, 1.807) is 5.57 Å². The topological polar surface area (TPSA) is 41.8 Å². The Morgan fingerprint density at radius 3 is 2.60 bits per heavy atom. The molecule has 0 radical (unpaired) electrons. The van der Waals surface area contributed by atoms with Crippen molar-refractivity contribution in [1.29, 1.82) is 0 Å². The number of benzene rings is 1. The van der Waals surface area contributed by atoms with Crippen LogP contribution in [-0.4, -0.2) is 24.8 Å². The highest BCUT2D eigenvalue weighted by atomic mass is 16.1. The predicted molar refractivity (Wildman–Crippen MR) is 183 cm³/mol. The fourth-order valence-electron chi connectivity index (χ4n) is 8.21. The summed E-state index contributed by atoms with van der Waals surface area (Å²) in [5.74, 6) is 3.65. The van der Waals surface area contributed by atoms with Crippen LogP contribution in [0.4, 0.5) is 0 Å². The zero-order chi connectivity index (χ0) is 30.0.